The number of rotatable bonds is 6. The minimum absolute atomic E-state index is 0.113. The van der Waals surface area contributed by atoms with Crippen molar-refractivity contribution in [1.29, 1.82) is 0 Å². The molecule has 1 aromatic rings. The molecule has 6 heteroatoms. The highest BCUT2D eigenvalue weighted by molar-refractivity contribution is 6.74. The van der Waals surface area contributed by atoms with Crippen LogP contribution in [0.25, 0.3) is 0 Å². The lowest BCUT2D eigenvalue weighted by atomic mass is 10.1. The lowest BCUT2D eigenvalue weighted by molar-refractivity contribution is -0.193. The van der Waals surface area contributed by atoms with Crippen LogP contribution in [0.4, 0.5) is 0 Å². The molecule has 2 saturated heterocycles. The molecule has 0 bridgehead atoms. The minimum atomic E-state index is -1.84. The zero-order valence-electron chi connectivity index (χ0n) is 17.7. The normalized spacial score (nSPS) is 30.5. The summed E-state index contributed by atoms with van der Waals surface area (Å²) in [4.78, 5) is 0. The Morgan fingerprint density at radius 1 is 1.07 bits per heavy atom. The summed E-state index contributed by atoms with van der Waals surface area (Å²) in [6.07, 6.45) is -0.570. The molecule has 2 fully saturated rings. The molecule has 1 unspecified atom stereocenters. The summed E-state index contributed by atoms with van der Waals surface area (Å²) >= 11 is 0. The van der Waals surface area contributed by atoms with Crippen LogP contribution in [0, 0.1) is 0 Å². The first kappa shape index (κ1) is 21.0. The molecule has 1 aromatic carbocycles. The zero-order valence-corrected chi connectivity index (χ0v) is 18.7. The maximum absolute atomic E-state index is 6.42. The Hall–Kier alpha value is -0.763. The largest absolute Gasteiger partial charge is 0.414 e. The van der Waals surface area contributed by atoms with Gasteiger partial charge in [-0.1, -0.05) is 51.1 Å². The van der Waals surface area contributed by atoms with Crippen LogP contribution in [0.5, 0.6) is 0 Å². The quantitative estimate of drug-likeness (QED) is 0.739. The van der Waals surface area contributed by atoms with Crippen molar-refractivity contribution in [3.63, 3.8) is 0 Å². The van der Waals surface area contributed by atoms with Crippen LogP contribution < -0.4 is 5.32 Å². The van der Waals surface area contributed by atoms with E-state index in [-0.39, 0.29) is 29.6 Å². The molecule has 0 amide bonds. The second-order valence-corrected chi connectivity index (χ2v) is 14.4. The van der Waals surface area contributed by atoms with Gasteiger partial charge in [-0.15, -0.1) is 0 Å². The van der Waals surface area contributed by atoms with Crippen molar-refractivity contribution in [2.45, 2.75) is 89.6 Å². The van der Waals surface area contributed by atoms with E-state index in [4.69, 9.17) is 18.6 Å². The van der Waals surface area contributed by atoms with Gasteiger partial charge in [0, 0.05) is 6.54 Å². The van der Waals surface area contributed by atoms with Crippen LogP contribution in [-0.4, -0.2) is 45.3 Å². The first-order chi connectivity index (χ1) is 12.5. The summed E-state index contributed by atoms with van der Waals surface area (Å²) in [5.74, 6) is -0.596. The van der Waals surface area contributed by atoms with Crippen LogP contribution in [0.1, 0.15) is 40.2 Å². The Bertz CT molecular complexity index is 629. The van der Waals surface area contributed by atoms with Gasteiger partial charge >= 0.3 is 0 Å². The lowest BCUT2D eigenvalue weighted by Crippen LogP contribution is -2.44. The van der Waals surface area contributed by atoms with E-state index in [9.17, 15) is 0 Å². The highest BCUT2D eigenvalue weighted by Gasteiger charge is 2.55. The fourth-order valence-corrected chi connectivity index (χ4v) is 4.32. The van der Waals surface area contributed by atoms with E-state index >= 15 is 0 Å². The molecule has 2 heterocycles. The molecule has 2 aliphatic rings. The van der Waals surface area contributed by atoms with Crippen LogP contribution in [-0.2, 0) is 25.2 Å². The number of hydrogen-bond donors (Lipinski definition) is 1. The molecule has 0 aromatic heterocycles. The molecule has 2 aliphatic heterocycles. The second-order valence-electron chi connectivity index (χ2n) is 9.60. The van der Waals surface area contributed by atoms with Crippen LogP contribution >= 0.6 is 0 Å². The molecule has 152 valence electrons. The smallest absolute Gasteiger partial charge is 0.192 e. The van der Waals surface area contributed by atoms with Gasteiger partial charge in [0.2, 0.25) is 0 Å². The molecule has 0 saturated carbocycles. The molecule has 5 nitrogen and oxygen atoms in total. The summed E-state index contributed by atoms with van der Waals surface area (Å²) in [7, 11) is -1.84. The molecule has 0 spiro atoms. The molecule has 0 aliphatic carbocycles. The van der Waals surface area contributed by atoms with Crippen molar-refractivity contribution in [1.82, 2.24) is 5.32 Å². The van der Waals surface area contributed by atoms with Gasteiger partial charge in [-0.3, -0.25) is 5.32 Å². The molecule has 1 N–H and O–H groups in total. The Morgan fingerprint density at radius 3 is 2.33 bits per heavy atom. The van der Waals surface area contributed by atoms with Gasteiger partial charge in [-0.25, -0.2) is 0 Å². The minimum Gasteiger partial charge on any atom is -0.414 e. The van der Waals surface area contributed by atoms with Gasteiger partial charge in [0.25, 0.3) is 0 Å². The maximum atomic E-state index is 6.42. The Labute approximate surface area is 164 Å². The van der Waals surface area contributed by atoms with Crippen molar-refractivity contribution in [3.8, 4) is 0 Å². The number of nitrogens with one attached hydrogen (secondary N) is 1. The van der Waals surface area contributed by atoms with E-state index < -0.39 is 14.1 Å². The number of ether oxygens (including phenoxy) is 3. The van der Waals surface area contributed by atoms with Gasteiger partial charge in [0.1, 0.15) is 24.5 Å². The summed E-state index contributed by atoms with van der Waals surface area (Å²) in [5, 5.41) is 3.66. The average molecular weight is 394 g/mol. The number of hydrogen-bond acceptors (Lipinski definition) is 5. The third kappa shape index (κ3) is 4.81. The van der Waals surface area contributed by atoms with Gasteiger partial charge < -0.3 is 18.6 Å². The molecule has 4 atom stereocenters. The van der Waals surface area contributed by atoms with E-state index in [1.165, 1.54) is 5.56 Å². The van der Waals surface area contributed by atoms with Gasteiger partial charge in [0.05, 0.1) is 6.61 Å². The maximum Gasteiger partial charge on any atom is 0.192 e. The fraction of sp³-hybridized carbons (Fsp3) is 0.714. The SMILES string of the molecule is CC1(C)O[C@@H]2[C@@H](CO[Si](C)(C)C(C)(C)C)OC(NCc3ccccc3)[C@@H]2O1. The molecular weight excluding hydrogens is 358 g/mol. The van der Waals surface area contributed by atoms with Crippen molar-refractivity contribution < 1.29 is 18.6 Å². The topological polar surface area (TPSA) is 49.0 Å². The first-order valence-corrected chi connectivity index (χ1v) is 12.8. The van der Waals surface area contributed by atoms with E-state index in [2.05, 4.69) is 51.3 Å². The Morgan fingerprint density at radius 2 is 1.70 bits per heavy atom. The Kier molecular flexibility index (Phi) is 5.88. The van der Waals surface area contributed by atoms with Gasteiger partial charge in [-0.2, -0.15) is 0 Å². The Balaban J connectivity index is 1.65. The van der Waals surface area contributed by atoms with Crippen LogP contribution in [0.2, 0.25) is 18.1 Å². The van der Waals surface area contributed by atoms with E-state index in [1.807, 2.05) is 32.0 Å². The monoisotopic (exact) mass is 393 g/mol. The van der Waals surface area contributed by atoms with Crippen LogP contribution in [0.15, 0.2) is 30.3 Å². The highest BCUT2D eigenvalue weighted by atomic mass is 28.4. The molecule has 0 radical (unpaired) electrons. The lowest BCUT2D eigenvalue weighted by Gasteiger charge is -2.37. The second kappa shape index (κ2) is 7.58. The number of fused-ring (bicyclic) bond motifs is 1. The van der Waals surface area contributed by atoms with Crippen molar-refractivity contribution in [2.75, 3.05) is 6.61 Å². The van der Waals surface area contributed by atoms with Crippen molar-refractivity contribution in [2.24, 2.45) is 0 Å². The highest BCUT2D eigenvalue weighted by Crippen LogP contribution is 2.40. The average Bonchev–Trinajstić information content (AvgIpc) is 3.04. The van der Waals surface area contributed by atoms with Crippen molar-refractivity contribution in [3.05, 3.63) is 35.9 Å². The fourth-order valence-electron chi connectivity index (χ4n) is 3.30. The van der Waals surface area contributed by atoms with Gasteiger partial charge in [-0.05, 0) is 37.5 Å². The van der Waals surface area contributed by atoms with E-state index in [1.54, 1.807) is 0 Å². The van der Waals surface area contributed by atoms with Gasteiger partial charge in [0.15, 0.2) is 14.1 Å². The number of benzene rings is 1. The predicted molar refractivity (Wildman–Crippen MR) is 109 cm³/mol. The summed E-state index contributed by atoms with van der Waals surface area (Å²) < 4.78 is 25.0. The van der Waals surface area contributed by atoms with Crippen molar-refractivity contribution >= 4 is 8.32 Å². The summed E-state index contributed by atoms with van der Waals surface area (Å²) in [5.41, 5.74) is 1.22. The van der Waals surface area contributed by atoms with E-state index in [0.29, 0.717) is 6.61 Å². The zero-order chi connectivity index (χ0) is 19.9. The molecule has 3 rings (SSSR count). The van der Waals surface area contributed by atoms with E-state index in [0.717, 1.165) is 6.54 Å². The summed E-state index contributed by atoms with van der Waals surface area (Å²) in [6.45, 7) is 16.5. The molecular formula is C21H35NO4Si. The predicted octanol–water partition coefficient (Wildman–Crippen LogP) is 4.04. The molecule has 27 heavy (non-hydrogen) atoms. The standard InChI is InChI=1S/C21H35NO4Si/c1-20(2,3)27(6,7)23-14-16-17-18(26-21(4,5)25-17)19(24-16)22-13-15-11-9-8-10-12-15/h8-12,16-19,22H,13-14H2,1-7H3/t16-,17-,18-,19?/m1/s1. The third-order valence-electron chi connectivity index (χ3n) is 5.91. The third-order valence-corrected chi connectivity index (χ3v) is 10.4. The first-order valence-electron chi connectivity index (χ1n) is 9.91. The van der Waals surface area contributed by atoms with Crippen LogP contribution in [0.3, 0.4) is 0 Å². The summed E-state index contributed by atoms with van der Waals surface area (Å²) in [6, 6.07) is 10.3.